The quantitative estimate of drug-likeness (QED) is 0.782. The topological polar surface area (TPSA) is 57.7 Å². The van der Waals surface area contributed by atoms with E-state index >= 15 is 0 Å². The third-order valence-corrected chi connectivity index (χ3v) is 6.56. The zero-order valence-corrected chi connectivity index (χ0v) is 16.1. The van der Waals surface area contributed by atoms with Crippen LogP contribution in [0.4, 0.5) is 5.69 Å². The van der Waals surface area contributed by atoms with Gasteiger partial charge < -0.3 is 4.90 Å². The lowest BCUT2D eigenvalue weighted by atomic mass is 10.2. The van der Waals surface area contributed by atoms with Crippen LogP contribution < -0.4 is 4.31 Å². The summed E-state index contributed by atoms with van der Waals surface area (Å²) in [5.41, 5.74) is 1.27. The SMILES string of the molecule is Cc1ccc(S(=O)(=O)N(CC(=O)N2CCCC2)c2ccccc2Cl)cc1. The third kappa shape index (κ3) is 3.86. The molecule has 0 N–H and O–H groups in total. The standard InChI is InChI=1S/C19H21ClN2O3S/c1-15-8-10-16(11-9-15)26(24,25)22(18-7-3-2-6-17(18)20)14-19(23)21-12-4-5-13-21/h2-3,6-11H,4-5,12-14H2,1H3. The van der Waals surface area contributed by atoms with Crippen molar-refractivity contribution < 1.29 is 13.2 Å². The molecule has 7 heteroatoms. The summed E-state index contributed by atoms with van der Waals surface area (Å²) in [6, 6.07) is 13.2. The van der Waals surface area contributed by atoms with E-state index in [1.165, 1.54) is 0 Å². The molecule has 2 aromatic rings. The molecule has 3 rings (SSSR count). The van der Waals surface area contributed by atoms with Crippen LogP contribution in [-0.4, -0.2) is 38.9 Å². The molecule has 5 nitrogen and oxygen atoms in total. The van der Waals surface area contributed by atoms with Crippen LogP contribution >= 0.6 is 11.6 Å². The van der Waals surface area contributed by atoms with E-state index < -0.39 is 10.0 Å². The molecule has 0 saturated carbocycles. The predicted octanol–water partition coefficient (Wildman–Crippen LogP) is 3.47. The molecule has 138 valence electrons. The number of benzene rings is 2. The van der Waals surface area contributed by atoms with Crippen LogP contribution in [0.25, 0.3) is 0 Å². The summed E-state index contributed by atoms with van der Waals surface area (Å²) in [6.45, 7) is 2.96. The summed E-state index contributed by atoms with van der Waals surface area (Å²) in [6.07, 6.45) is 1.89. The average Bonchev–Trinajstić information content (AvgIpc) is 3.15. The lowest BCUT2D eigenvalue weighted by Gasteiger charge is -2.27. The summed E-state index contributed by atoms with van der Waals surface area (Å²) in [4.78, 5) is 14.5. The molecule has 1 amide bonds. The largest absolute Gasteiger partial charge is 0.341 e. The Kier molecular flexibility index (Phi) is 5.53. The molecule has 2 aromatic carbocycles. The summed E-state index contributed by atoms with van der Waals surface area (Å²) in [5.74, 6) is -0.210. The molecule has 0 aromatic heterocycles. The molecular weight excluding hydrogens is 372 g/mol. The van der Waals surface area contributed by atoms with Crippen molar-refractivity contribution in [2.75, 3.05) is 23.9 Å². The second-order valence-electron chi connectivity index (χ2n) is 6.36. The number of halogens is 1. The highest BCUT2D eigenvalue weighted by Crippen LogP contribution is 2.30. The number of aryl methyl sites for hydroxylation is 1. The Morgan fingerprint density at radius 1 is 1.08 bits per heavy atom. The van der Waals surface area contributed by atoms with E-state index in [9.17, 15) is 13.2 Å². The van der Waals surface area contributed by atoms with Gasteiger partial charge in [0.25, 0.3) is 10.0 Å². The number of hydrogen-bond acceptors (Lipinski definition) is 3. The Hall–Kier alpha value is -2.05. The van der Waals surface area contributed by atoms with Crippen LogP contribution in [-0.2, 0) is 14.8 Å². The van der Waals surface area contributed by atoms with Crippen LogP contribution in [0.1, 0.15) is 18.4 Å². The van der Waals surface area contributed by atoms with Gasteiger partial charge in [0.2, 0.25) is 5.91 Å². The molecule has 0 spiro atoms. The Balaban J connectivity index is 2.00. The minimum absolute atomic E-state index is 0.136. The van der Waals surface area contributed by atoms with Crippen molar-refractivity contribution in [1.29, 1.82) is 0 Å². The first-order valence-corrected chi connectivity index (χ1v) is 10.3. The number of para-hydroxylation sites is 1. The van der Waals surface area contributed by atoms with Gasteiger partial charge in [0.15, 0.2) is 0 Å². The zero-order chi connectivity index (χ0) is 18.7. The van der Waals surface area contributed by atoms with Crippen molar-refractivity contribution in [3.63, 3.8) is 0 Å². The summed E-state index contributed by atoms with van der Waals surface area (Å²) in [5, 5.41) is 0.289. The maximum atomic E-state index is 13.2. The van der Waals surface area contributed by atoms with Crippen molar-refractivity contribution in [3.05, 3.63) is 59.1 Å². The highest BCUT2D eigenvalue weighted by Gasteiger charge is 2.30. The monoisotopic (exact) mass is 392 g/mol. The van der Waals surface area contributed by atoms with Gasteiger partial charge in [0, 0.05) is 13.1 Å². The smallest absolute Gasteiger partial charge is 0.264 e. The molecule has 1 fully saturated rings. The average molecular weight is 393 g/mol. The molecule has 0 radical (unpaired) electrons. The van der Waals surface area contributed by atoms with Crippen molar-refractivity contribution in [2.24, 2.45) is 0 Å². The van der Waals surface area contributed by atoms with Gasteiger partial charge in [-0.25, -0.2) is 8.42 Å². The van der Waals surface area contributed by atoms with Crippen LogP contribution in [0, 0.1) is 6.92 Å². The number of rotatable bonds is 5. The molecular formula is C19H21ClN2O3S. The highest BCUT2D eigenvalue weighted by molar-refractivity contribution is 7.92. The molecule has 1 saturated heterocycles. The molecule has 0 atom stereocenters. The van der Waals surface area contributed by atoms with Crippen LogP contribution in [0.5, 0.6) is 0 Å². The summed E-state index contributed by atoms with van der Waals surface area (Å²) in [7, 11) is -3.92. The van der Waals surface area contributed by atoms with Crippen LogP contribution in [0.3, 0.4) is 0 Å². The second kappa shape index (κ2) is 7.68. The maximum Gasteiger partial charge on any atom is 0.264 e. The van der Waals surface area contributed by atoms with Crippen molar-refractivity contribution in [2.45, 2.75) is 24.7 Å². The van der Waals surface area contributed by atoms with E-state index in [4.69, 9.17) is 11.6 Å². The first kappa shape index (κ1) is 18.7. The molecule has 0 aliphatic carbocycles. The highest BCUT2D eigenvalue weighted by atomic mass is 35.5. The number of likely N-dealkylation sites (tertiary alicyclic amines) is 1. The minimum atomic E-state index is -3.92. The van der Waals surface area contributed by atoms with Crippen molar-refractivity contribution >= 4 is 33.2 Å². The molecule has 26 heavy (non-hydrogen) atoms. The second-order valence-corrected chi connectivity index (χ2v) is 8.63. The lowest BCUT2D eigenvalue weighted by molar-refractivity contribution is -0.128. The number of nitrogens with zero attached hydrogens (tertiary/aromatic N) is 2. The van der Waals surface area contributed by atoms with E-state index in [1.807, 2.05) is 6.92 Å². The Bertz CT molecular complexity index is 891. The van der Waals surface area contributed by atoms with Gasteiger partial charge in [-0.2, -0.15) is 0 Å². The van der Waals surface area contributed by atoms with E-state index in [1.54, 1.807) is 53.4 Å². The molecule has 0 unspecified atom stereocenters. The fourth-order valence-electron chi connectivity index (χ4n) is 2.98. The van der Waals surface area contributed by atoms with Crippen molar-refractivity contribution in [1.82, 2.24) is 4.90 Å². The van der Waals surface area contributed by atoms with Crippen LogP contribution in [0.2, 0.25) is 5.02 Å². The van der Waals surface area contributed by atoms with E-state index in [0.717, 1.165) is 22.7 Å². The fourth-order valence-corrected chi connectivity index (χ4v) is 4.70. The lowest BCUT2D eigenvalue weighted by Crippen LogP contribution is -2.42. The minimum Gasteiger partial charge on any atom is -0.341 e. The number of hydrogen-bond donors (Lipinski definition) is 0. The third-order valence-electron chi connectivity index (χ3n) is 4.47. The van der Waals surface area contributed by atoms with Gasteiger partial charge in [0.1, 0.15) is 6.54 Å². The van der Waals surface area contributed by atoms with E-state index in [2.05, 4.69) is 0 Å². The number of carbonyl (C=O) groups is 1. The Labute approximate surface area is 159 Å². The molecule has 0 bridgehead atoms. The number of sulfonamides is 1. The normalized spacial score (nSPS) is 14.5. The number of amides is 1. The van der Waals surface area contributed by atoms with Gasteiger partial charge in [-0.15, -0.1) is 0 Å². The Morgan fingerprint density at radius 2 is 1.69 bits per heavy atom. The molecule has 1 heterocycles. The fraction of sp³-hybridized carbons (Fsp3) is 0.316. The van der Waals surface area contributed by atoms with Crippen molar-refractivity contribution in [3.8, 4) is 0 Å². The first-order valence-electron chi connectivity index (χ1n) is 8.51. The molecule has 1 aliphatic rings. The summed E-state index contributed by atoms with van der Waals surface area (Å²) >= 11 is 6.25. The summed E-state index contributed by atoms with van der Waals surface area (Å²) < 4.78 is 27.6. The van der Waals surface area contributed by atoms with Gasteiger partial charge in [0.05, 0.1) is 15.6 Å². The van der Waals surface area contributed by atoms with Gasteiger partial charge in [-0.3, -0.25) is 9.10 Å². The predicted molar refractivity (Wildman–Crippen MR) is 103 cm³/mol. The number of carbonyl (C=O) groups excluding carboxylic acids is 1. The van der Waals surface area contributed by atoms with Gasteiger partial charge in [-0.1, -0.05) is 41.4 Å². The van der Waals surface area contributed by atoms with Gasteiger partial charge >= 0.3 is 0 Å². The van der Waals surface area contributed by atoms with E-state index in [0.29, 0.717) is 18.8 Å². The Morgan fingerprint density at radius 3 is 2.31 bits per heavy atom. The maximum absolute atomic E-state index is 13.2. The first-order chi connectivity index (χ1) is 12.4. The molecule has 1 aliphatic heterocycles. The number of anilines is 1. The van der Waals surface area contributed by atoms with Crippen LogP contribution in [0.15, 0.2) is 53.4 Å². The van der Waals surface area contributed by atoms with E-state index in [-0.39, 0.29) is 22.4 Å². The van der Waals surface area contributed by atoms with Gasteiger partial charge in [-0.05, 0) is 44.0 Å². The zero-order valence-electron chi connectivity index (χ0n) is 14.6.